The number of aromatic nitrogens is 4. The van der Waals surface area contributed by atoms with E-state index >= 15 is 0 Å². The quantitative estimate of drug-likeness (QED) is 0.639. The molecule has 2 aliphatic heterocycles. The summed E-state index contributed by atoms with van der Waals surface area (Å²) < 4.78 is 18.4. The van der Waals surface area contributed by atoms with Crippen LogP contribution in [0.5, 0.6) is 0 Å². The molecule has 1 amide bonds. The minimum atomic E-state index is -0.189. The third-order valence-corrected chi connectivity index (χ3v) is 5.92. The zero-order chi connectivity index (χ0) is 20.9. The Kier molecular flexibility index (Phi) is 6.79. The van der Waals surface area contributed by atoms with E-state index in [1.54, 1.807) is 11.7 Å². The van der Waals surface area contributed by atoms with Gasteiger partial charge in [0, 0.05) is 39.8 Å². The number of carbonyl (C=O) groups is 1. The van der Waals surface area contributed by atoms with Crippen LogP contribution < -0.4 is 0 Å². The number of piperidine rings is 1. The summed E-state index contributed by atoms with van der Waals surface area (Å²) in [6.45, 7) is 5.55. The van der Waals surface area contributed by atoms with Crippen LogP contribution in [-0.4, -0.2) is 63.7 Å². The molecule has 0 bridgehead atoms. The van der Waals surface area contributed by atoms with Gasteiger partial charge in [0.2, 0.25) is 5.89 Å². The average Bonchev–Trinajstić information content (AvgIpc) is 3.37. The number of hydrogen-bond donors (Lipinski definition) is 0. The Morgan fingerprint density at radius 3 is 2.87 bits per heavy atom. The van der Waals surface area contributed by atoms with Crippen molar-refractivity contribution in [3.63, 3.8) is 0 Å². The summed E-state index contributed by atoms with van der Waals surface area (Å²) in [5.41, 5.74) is 1.41. The molecule has 1 atom stereocenters. The Bertz CT molecular complexity index is 842. The van der Waals surface area contributed by atoms with Crippen molar-refractivity contribution in [2.75, 3.05) is 33.0 Å². The van der Waals surface area contributed by atoms with Crippen LogP contribution in [0.2, 0.25) is 0 Å². The first kappa shape index (κ1) is 21.0. The van der Waals surface area contributed by atoms with Gasteiger partial charge in [-0.2, -0.15) is 10.1 Å². The second-order valence-electron chi connectivity index (χ2n) is 8.23. The van der Waals surface area contributed by atoms with Crippen LogP contribution in [0.1, 0.15) is 66.0 Å². The van der Waals surface area contributed by atoms with Crippen LogP contribution in [0.25, 0.3) is 0 Å². The molecule has 4 heterocycles. The zero-order valence-corrected chi connectivity index (χ0v) is 17.9. The Morgan fingerprint density at radius 2 is 2.10 bits per heavy atom. The van der Waals surface area contributed by atoms with Gasteiger partial charge in [0.05, 0.1) is 12.3 Å². The molecule has 2 aromatic heterocycles. The van der Waals surface area contributed by atoms with E-state index in [1.165, 1.54) is 0 Å². The predicted octanol–water partition coefficient (Wildman–Crippen LogP) is 2.46. The Balaban J connectivity index is 1.34. The fraction of sp³-hybridized carbons (Fsp3) is 0.714. The van der Waals surface area contributed by atoms with Crippen LogP contribution >= 0.6 is 0 Å². The van der Waals surface area contributed by atoms with E-state index in [1.807, 2.05) is 17.9 Å². The Labute approximate surface area is 176 Å². The molecule has 1 unspecified atom stereocenters. The number of ether oxygens (including phenoxy) is 2. The van der Waals surface area contributed by atoms with Gasteiger partial charge in [-0.3, -0.25) is 9.48 Å². The normalized spacial score (nSPS) is 20.6. The minimum Gasteiger partial charge on any atom is -0.381 e. The molecule has 9 nitrogen and oxygen atoms in total. The molecule has 2 aliphatic rings. The minimum absolute atomic E-state index is 0.0395. The van der Waals surface area contributed by atoms with E-state index in [-0.39, 0.29) is 11.9 Å². The van der Waals surface area contributed by atoms with Crippen LogP contribution in [0.3, 0.4) is 0 Å². The number of hydrogen-bond acceptors (Lipinski definition) is 7. The van der Waals surface area contributed by atoms with Gasteiger partial charge in [-0.25, -0.2) is 0 Å². The molecular formula is C21H31N5O4. The average molecular weight is 418 g/mol. The maximum Gasteiger partial charge on any atom is 0.272 e. The first-order valence-corrected chi connectivity index (χ1v) is 10.9. The van der Waals surface area contributed by atoms with Crippen LogP contribution in [0, 0.1) is 12.8 Å². The van der Waals surface area contributed by atoms with E-state index in [2.05, 4.69) is 15.2 Å². The highest BCUT2D eigenvalue weighted by molar-refractivity contribution is 5.93. The van der Waals surface area contributed by atoms with Crippen molar-refractivity contribution >= 4 is 5.91 Å². The molecule has 0 radical (unpaired) electrons. The molecule has 2 aromatic rings. The smallest absolute Gasteiger partial charge is 0.272 e. The third kappa shape index (κ3) is 4.89. The highest BCUT2D eigenvalue weighted by Gasteiger charge is 2.33. The molecule has 0 spiro atoms. The summed E-state index contributed by atoms with van der Waals surface area (Å²) in [6.07, 6.45) is 5.56. The van der Waals surface area contributed by atoms with E-state index in [4.69, 9.17) is 14.0 Å². The van der Waals surface area contributed by atoms with Gasteiger partial charge in [-0.05, 0) is 51.0 Å². The predicted molar refractivity (Wildman–Crippen MR) is 108 cm³/mol. The van der Waals surface area contributed by atoms with Gasteiger partial charge in [-0.15, -0.1) is 0 Å². The fourth-order valence-electron chi connectivity index (χ4n) is 4.22. The lowest BCUT2D eigenvalue weighted by molar-refractivity contribution is 0.0211. The van der Waals surface area contributed by atoms with Crippen molar-refractivity contribution in [2.24, 2.45) is 13.0 Å². The van der Waals surface area contributed by atoms with E-state index in [0.29, 0.717) is 42.9 Å². The standard InChI is InChI=1S/C21H31N5O4/c1-15-13-18(25(2)23-15)21(27)26-9-4-3-5-17(26)20-22-19(24-30-20)8-12-29-14-16-6-10-28-11-7-16/h13,16-17H,3-12,14H2,1-2H3. The van der Waals surface area contributed by atoms with Gasteiger partial charge in [0.15, 0.2) is 5.82 Å². The summed E-state index contributed by atoms with van der Waals surface area (Å²) in [5.74, 6) is 1.69. The topological polar surface area (TPSA) is 95.5 Å². The summed E-state index contributed by atoms with van der Waals surface area (Å²) in [5, 5.41) is 8.42. The number of aryl methyl sites for hydroxylation is 2. The summed E-state index contributed by atoms with van der Waals surface area (Å²) in [6, 6.07) is 1.63. The van der Waals surface area contributed by atoms with Crippen molar-refractivity contribution in [3.05, 3.63) is 29.2 Å². The van der Waals surface area contributed by atoms with Crippen molar-refractivity contribution in [1.82, 2.24) is 24.8 Å². The SMILES string of the molecule is Cc1cc(C(=O)N2CCCCC2c2nc(CCOCC3CCOCC3)no2)n(C)n1. The molecule has 0 aliphatic carbocycles. The van der Waals surface area contributed by atoms with Gasteiger partial charge in [-0.1, -0.05) is 5.16 Å². The number of nitrogens with zero attached hydrogens (tertiary/aromatic N) is 5. The lowest BCUT2D eigenvalue weighted by Crippen LogP contribution is -2.39. The van der Waals surface area contributed by atoms with E-state index < -0.39 is 0 Å². The van der Waals surface area contributed by atoms with Gasteiger partial charge >= 0.3 is 0 Å². The highest BCUT2D eigenvalue weighted by Crippen LogP contribution is 2.31. The summed E-state index contributed by atoms with van der Waals surface area (Å²) in [7, 11) is 1.80. The number of amides is 1. The first-order valence-electron chi connectivity index (χ1n) is 10.9. The molecule has 0 aromatic carbocycles. The lowest BCUT2D eigenvalue weighted by Gasteiger charge is -2.33. The Morgan fingerprint density at radius 1 is 1.27 bits per heavy atom. The Hall–Kier alpha value is -2.26. The lowest BCUT2D eigenvalue weighted by atomic mass is 10.0. The fourth-order valence-corrected chi connectivity index (χ4v) is 4.22. The highest BCUT2D eigenvalue weighted by atomic mass is 16.5. The monoisotopic (exact) mass is 417 g/mol. The maximum atomic E-state index is 13.1. The van der Waals surface area contributed by atoms with Gasteiger partial charge < -0.3 is 18.9 Å². The number of rotatable bonds is 7. The molecule has 2 saturated heterocycles. The third-order valence-electron chi connectivity index (χ3n) is 5.92. The summed E-state index contributed by atoms with van der Waals surface area (Å²) >= 11 is 0. The number of carbonyl (C=O) groups excluding carboxylic acids is 1. The maximum absolute atomic E-state index is 13.1. The second kappa shape index (κ2) is 9.70. The summed E-state index contributed by atoms with van der Waals surface area (Å²) in [4.78, 5) is 19.6. The molecule has 9 heteroatoms. The molecule has 2 fully saturated rings. The van der Waals surface area contributed by atoms with Crippen molar-refractivity contribution in [3.8, 4) is 0 Å². The van der Waals surface area contributed by atoms with E-state index in [0.717, 1.165) is 57.6 Å². The number of likely N-dealkylation sites (tertiary alicyclic amines) is 1. The van der Waals surface area contributed by atoms with Crippen molar-refractivity contribution in [2.45, 2.75) is 51.5 Å². The van der Waals surface area contributed by atoms with E-state index in [9.17, 15) is 4.79 Å². The van der Waals surface area contributed by atoms with Crippen LogP contribution in [0.4, 0.5) is 0 Å². The molecule has 0 saturated carbocycles. The largest absolute Gasteiger partial charge is 0.381 e. The molecule has 4 rings (SSSR count). The zero-order valence-electron chi connectivity index (χ0n) is 17.9. The van der Waals surface area contributed by atoms with Crippen LogP contribution in [0.15, 0.2) is 10.6 Å². The molecule has 164 valence electrons. The van der Waals surface area contributed by atoms with Crippen molar-refractivity contribution < 1.29 is 18.8 Å². The van der Waals surface area contributed by atoms with Gasteiger partial charge in [0.1, 0.15) is 11.7 Å². The molecule has 0 N–H and O–H groups in total. The molecule has 30 heavy (non-hydrogen) atoms. The van der Waals surface area contributed by atoms with Crippen molar-refractivity contribution in [1.29, 1.82) is 0 Å². The molecular weight excluding hydrogens is 386 g/mol. The van der Waals surface area contributed by atoms with Gasteiger partial charge in [0.25, 0.3) is 5.91 Å². The first-order chi connectivity index (χ1) is 14.6. The van der Waals surface area contributed by atoms with Crippen LogP contribution in [-0.2, 0) is 22.9 Å². The second-order valence-corrected chi connectivity index (χ2v) is 8.23.